The summed E-state index contributed by atoms with van der Waals surface area (Å²) in [6, 6.07) is 20.8. The number of para-hydroxylation sites is 2. The van der Waals surface area contributed by atoms with Crippen LogP contribution < -0.4 is 4.90 Å². The molecule has 172 valence electrons. The number of rotatable bonds is 4. The maximum Gasteiger partial charge on any atom is 0.245 e. The number of nitrogens with zero attached hydrogens (tertiary/aromatic N) is 3. The van der Waals surface area contributed by atoms with E-state index in [2.05, 4.69) is 18.2 Å². The molecule has 1 atom stereocenters. The van der Waals surface area contributed by atoms with Crippen molar-refractivity contribution in [1.29, 1.82) is 5.26 Å². The van der Waals surface area contributed by atoms with E-state index in [0.29, 0.717) is 17.0 Å². The van der Waals surface area contributed by atoms with E-state index in [4.69, 9.17) is 4.98 Å². The minimum absolute atomic E-state index is 0.0509. The van der Waals surface area contributed by atoms with E-state index < -0.39 is 0 Å². The average Bonchev–Trinajstić information content (AvgIpc) is 3.20. The van der Waals surface area contributed by atoms with Gasteiger partial charge in [-0.3, -0.25) is 9.69 Å². The molecule has 0 saturated heterocycles. The van der Waals surface area contributed by atoms with Crippen LogP contribution in [0.2, 0.25) is 0 Å². The summed E-state index contributed by atoms with van der Waals surface area (Å²) in [5.74, 6) is 0.0509. The molecule has 4 nitrogen and oxygen atoms in total. The molecular formula is C29H29N3OS. The van der Waals surface area contributed by atoms with Crippen molar-refractivity contribution in [3.05, 3.63) is 82.5 Å². The number of aromatic nitrogens is 1. The van der Waals surface area contributed by atoms with Crippen molar-refractivity contribution < 1.29 is 4.79 Å². The van der Waals surface area contributed by atoms with E-state index in [1.54, 1.807) is 0 Å². The molecule has 5 rings (SSSR count). The van der Waals surface area contributed by atoms with Crippen molar-refractivity contribution >= 4 is 29.0 Å². The molecule has 2 heterocycles. The summed E-state index contributed by atoms with van der Waals surface area (Å²) in [7, 11) is 0. The van der Waals surface area contributed by atoms with E-state index in [1.807, 2.05) is 54.3 Å². The summed E-state index contributed by atoms with van der Waals surface area (Å²) >= 11 is 1.45. The Kier molecular flexibility index (Phi) is 6.69. The summed E-state index contributed by atoms with van der Waals surface area (Å²) in [4.78, 5) is 21.0. The van der Waals surface area contributed by atoms with Gasteiger partial charge in [-0.2, -0.15) is 5.26 Å². The van der Waals surface area contributed by atoms with Crippen LogP contribution in [0.15, 0.2) is 59.6 Å². The molecule has 0 saturated carbocycles. The Morgan fingerprint density at radius 2 is 1.62 bits per heavy atom. The highest BCUT2D eigenvalue weighted by molar-refractivity contribution is 8.00. The SMILES string of the molecule is CCC(Sc1nc2c(cc1C#N)CCCCC2)C(=O)N1c2ccccc2CCc2ccccc21. The predicted molar refractivity (Wildman–Crippen MR) is 138 cm³/mol. The van der Waals surface area contributed by atoms with Gasteiger partial charge in [-0.15, -0.1) is 0 Å². The summed E-state index contributed by atoms with van der Waals surface area (Å²) in [6.45, 7) is 2.04. The van der Waals surface area contributed by atoms with Crippen LogP contribution in [0.25, 0.3) is 0 Å². The maximum absolute atomic E-state index is 14.1. The second-order valence-corrected chi connectivity index (χ2v) is 10.3. The second kappa shape index (κ2) is 10.0. The van der Waals surface area contributed by atoms with Crippen molar-refractivity contribution in [3.63, 3.8) is 0 Å². The van der Waals surface area contributed by atoms with E-state index in [9.17, 15) is 10.1 Å². The molecule has 0 bridgehead atoms. The third-order valence-corrected chi connectivity index (χ3v) is 8.24. The molecule has 1 aromatic heterocycles. The van der Waals surface area contributed by atoms with Gasteiger partial charge in [0, 0.05) is 5.69 Å². The highest BCUT2D eigenvalue weighted by Gasteiger charge is 2.31. The van der Waals surface area contributed by atoms with Crippen LogP contribution in [0.3, 0.4) is 0 Å². The number of anilines is 2. The van der Waals surface area contributed by atoms with Gasteiger partial charge < -0.3 is 0 Å². The Balaban J connectivity index is 1.53. The van der Waals surface area contributed by atoms with Gasteiger partial charge in [-0.1, -0.05) is 61.5 Å². The topological polar surface area (TPSA) is 57.0 Å². The van der Waals surface area contributed by atoms with E-state index in [1.165, 1.54) is 34.9 Å². The van der Waals surface area contributed by atoms with Crippen LogP contribution in [0.4, 0.5) is 11.4 Å². The first kappa shape index (κ1) is 22.7. The summed E-state index contributed by atoms with van der Waals surface area (Å²) in [6.07, 6.45) is 7.89. The molecule has 0 radical (unpaired) electrons. The zero-order valence-corrected chi connectivity index (χ0v) is 20.4. The molecule has 0 spiro atoms. The number of nitriles is 1. The monoisotopic (exact) mass is 467 g/mol. The van der Waals surface area contributed by atoms with Gasteiger partial charge in [0.05, 0.1) is 22.2 Å². The summed E-state index contributed by atoms with van der Waals surface area (Å²) < 4.78 is 0. The van der Waals surface area contributed by atoms with Crippen molar-refractivity contribution in [2.75, 3.05) is 4.90 Å². The predicted octanol–water partition coefficient (Wildman–Crippen LogP) is 6.56. The minimum Gasteiger partial charge on any atom is -0.280 e. The first-order valence-electron chi connectivity index (χ1n) is 12.3. The maximum atomic E-state index is 14.1. The van der Waals surface area contributed by atoms with Gasteiger partial charge in [-0.05, 0) is 79.8 Å². The Labute approximate surface area is 206 Å². The number of carbonyl (C=O) groups excluding carboxylic acids is 1. The molecule has 0 N–H and O–H groups in total. The van der Waals surface area contributed by atoms with E-state index >= 15 is 0 Å². The van der Waals surface area contributed by atoms with Crippen molar-refractivity contribution in [1.82, 2.24) is 4.98 Å². The van der Waals surface area contributed by atoms with Gasteiger partial charge >= 0.3 is 0 Å². The average molecular weight is 468 g/mol. The van der Waals surface area contributed by atoms with Crippen LogP contribution >= 0.6 is 11.8 Å². The molecule has 1 amide bonds. The highest BCUT2D eigenvalue weighted by atomic mass is 32.2. The molecule has 2 aromatic carbocycles. The molecule has 0 fully saturated rings. The summed E-state index contributed by atoms with van der Waals surface area (Å²) in [5.41, 5.74) is 7.20. The molecule has 5 heteroatoms. The van der Waals surface area contributed by atoms with Crippen molar-refractivity contribution in [2.24, 2.45) is 0 Å². The molecule has 1 unspecified atom stereocenters. The number of aryl methyl sites for hydroxylation is 4. The van der Waals surface area contributed by atoms with Crippen LogP contribution in [0.1, 0.15) is 60.6 Å². The fourth-order valence-corrected chi connectivity index (χ4v) is 6.10. The normalized spacial score (nSPS) is 15.7. The van der Waals surface area contributed by atoms with Gasteiger partial charge in [0.15, 0.2) is 0 Å². The quantitative estimate of drug-likeness (QED) is 0.322. The van der Waals surface area contributed by atoms with E-state index in [0.717, 1.165) is 55.6 Å². The Morgan fingerprint density at radius 1 is 0.971 bits per heavy atom. The van der Waals surface area contributed by atoms with E-state index in [-0.39, 0.29) is 11.2 Å². The number of fused-ring (bicyclic) bond motifs is 3. The minimum atomic E-state index is -0.331. The van der Waals surface area contributed by atoms with Crippen LogP contribution in [-0.4, -0.2) is 16.1 Å². The van der Waals surface area contributed by atoms with Gasteiger partial charge in [0.25, 0.3) is 0 Å². The Bertz CT molecular complexity index is 1210. The van der Waals surface area contributed by atoms with Crippen LogP contribution in [0, 0.1) is 11.3 Å². The lowest BCUT2D eigenvalue weighted by atomic mass is 10.0. The third kappa shape index (κ3) is 4.35. The number of hydrogen-bond donors (Lipinski definition) is 0. The number of amides is 1. The fourth-order valence-electron chi connectivity index (χ4n) is 5.07. The van der Waals surface area contributed by atoms with Crippen molar-refractivity contribution in [3.8, 4) is 6.07 Å². The first-order valence-corrected chi connectivity index (χ1v) is 13.2. The summed E-state index contributed by atoms with van der Waals surface area (Å²) in [5, 5.41) is 10.2. The Hall–Kier alpha value is -3.10. The second-order valence-electron chi connectivity index (χ2n) is 9.07. The first-order chi connectivity index (χ1) is 16.7. The molecule has 1 aliphatic heterocycles. The number of benzene rings is 2. The number of thioether (sulfide) groups is 1. The highest BCUT2D eigenvalue weighted by Crippen LogP contribution is 2.39. The molecule has 2 aliphatic rings. The lowest BCUT2D eigenvalue weighted by Crippen LogP contribution is -2.34. The molecular weight excluding hydrogens is 438 g/mol. The van der Waals surface area contributed by atoms with Crippen LogP contribution in [-0.2, 0) is 30.5 Å². The van der Waals surface area contributed by atoms with Crippen molar-refractivity contribution in [2.45, 2.75) is 68.6 Å². The Morgan fingerprint density at radius 3 is 2.26 bits per heavy atom. The van der Waals surface area contributed by atoms with Gasteiger partial charge in [0.1, 0.15) is 11.1 Å². The van der Waals surface area contributed by atoms with Crippen LogP contribution in [0.5, 0.6) is 0 Å². The van der Waals surface area contributed by atoms with Gasteiger partial charge in [0.2, 0.25) is 5.91 Å². The fraction of sp³-hybridized carbons (Fsp3) is 0.345. The zero-order chi connectivity index (χ0) is 23.5. The number of hydrogen-bond acceptors (Lipinski definition) is 4. The molecule has 1 aliphatic carbocycles. The largest absolute Gasteiger partial charge is 0.280 e. The number of carbonyl (C=O) groups is 1. The number of pyridine rings is 1. The lowest BCUT2D eigenvalue weighted by Gasteiger charge is -2.28. The molecule has 3 aromatic rings. The third-order valence-electron chi connectivity index (χ3n) is 6.89. The zero-order valence-electron chi connectivity index (χ0n) is 19.6. The molecule has 34 heavy (non-hydrogen) atoms. The lowest BCUT2D eigenvalue weighted by molar-refractivity contribution is -0.117. The van der Waals surface area contributed by atoms with Gasteiger partial charge in [-0.25, -0.2) is 4.98 Å². The smallest absolute Gasteiger partial charge is 0.245 e. The standard InChI is InChI=1S/C29H29N3OS/c1-2-27(34-28-23(19-30)18-22-12-4-3-5-13-24(22)31-28)29(33)32-25-14-8-6-10-20(25)16-17-21-11-7-9-15-26(21)32/h6-11,14-15,18,27H,2-5,12-13,16-17H2,1H3.